The topological polar surface area (TPSA) is 82.5 Å². The van der Waals surface area contributed by atoms with E-state index in [2.05, 4.69) is 16.1 Å². The molecule has 2 atom stereocenters. The van der Waals surface area contributed by atoms with Crippen LogP contribution in [0.2, 0.25) is 0 Å². The Morgan fingerprint density at radius 3 is 2.92 bits per heavy atom. The van der Waals surface area contributed by atoms with Gasteiger partial charge in [-0.25, -0.2) is 0 Å². The lowest BCUT2D eigenvalue weighted by Gasteiger charge is -2.25. The van der Waals surface area contributed by atoms with Crippen LogP contribution in [0.4, 0.5) is 0 Å². The number of hydrogen-bond donors (Lipinski definition) is 1. The predicted molar refractivity (Wildman–Crippen MR) is 87.4 cm³/mol. The lowest BCUT2D eigenvalue weighted by atomic mass is 10.1. The van der Waals surface area contributed by atoms with E-state index in [1.807, 2.05) is 13.0 Å². The number of nitriles is 1. The summed E-state index contributed by atoms with van der Waals surface area (Å²) >= 11 is 0. The summed E-state index contributed by atoms with van der Waals surface area (Å²) in [6, 6.07) is 11.1. The third kappa shape index (κ3) is 3.94. The van der Waals surface area contributed by atoms with E-state index in [0.29, 0.717) is 17.9 Å². The van der Waals surface area contributed by atoms with Crippen molar-refractivity contribution in [1.29, 1.82) is 5.26 Å². The Balaban J connectivity index is 1.52. The van der Waals surface area contributed by atoms with E-state index in [-0.39, 0.29) is 12.6 Å². The van der Waals surface area contributed by atoms with Crippen molar-refractivity contribution in [3.8, 4) is 11.8 Å². The van der Waals surface area contributed by atoms with Crippen LogP contribution in [0.25, 0.3) is 0 Å². The number of rotatable bonds is 6. The number of benzene rings is 1. The van der Waals surface area contributed by atoms with Crippen molar-refractivity contribution in [2.24, 2.45) is 0 Å². The molecule has 2 heterocycles. The number of ether oxygens (including phenoxy) is 1. The van der Waals surface area contributed by atoms with Crippen LogP contribution in [0.15, 0.2) is 34.9 Å². The zero-order chi connectivity index (χ0) is 16.9. The summed E-state index contributed by atoms with van der Waals surface area (Å²) in [4.78, 5) is 2.23. The van der Waals surface area contributed by atoms with Crippen molar-refractivity contribution in [3.05, 3.63) is 47.3 Å². The van der Waals surface area contributed by atoms with Crippen LogP contribution in [0.5, 0.6) is 5.75 Å². The molecule has 0 unspecified atom stereocenters. The number of nitrogens with zero attached hydrogens (tertiary/aromatic N) is 3. The molecule has 2 aromatic rings. The van der Waals surface area contributed by atoms with E-state index in [4.69, 9.17) is 14.5 Å². The number of hydrogen-bond acceptors (Lipinski definition) is 6. The van der Waals surface area contributed by atoms with Gasteiger partial charge in [-0.05, 0) is 50.6 Å². The molecule has 0 bridgehead atoms. The van der Waals surface area contributed by atoms with Gasteiger partial charge in [0.05, 0.1) is 17.7 Å². The minimum Gasteiger partial charge on any atom is -0.491 e. The highest BCUT2D eigenvalue weighted by atomic mass is 16.5. The SMILES string of the molecule is Cc1cc([C@@H]2CCCN2C[C@@H](O)COc2ccc(C#N)cc2)no1. The van der Waals surface area contributed by atoms with E-state index in [0.717, 1.165) is 30.8 Å². The van der Waals surface area contributed by atoms with Crippen molar-refractivity contribution in [2.75, 3.05) is 19.7 Å². The molecule has 3 rings (SSSR count). The Morgan fingerprint density at radius 1 is 1.46 bits per heavy atom. The summed E-state index contributed by atoms with van der Waals surface area (Å²) < 4.78 is 10.8. The maximum atomic E-state index is 10.3. The van der Waals surface area contributed by atoms with Crippen LogP contribution in [0, 0.1) is 18.3 Å². The molecule has 6 nitrogen and oxygen atoms in total. The van der Waals surface area contributed by atoms with E-state index in [9.17, 15) is 5.11 Å². The van der Waals surface area contributed by atoms with Gasteiger partial charge in [-0.3, -0.25) is 4.90 Å². The van der Waals surface area contributed by atoms with Gasteiger partial charge < -0.3 is 14.4 Å². The van der Waals surface area contributed by atoms with Gasteiger partial charge in [0.1, 0.15) is 29.9 Å². The van der Waals surface area contributed by atoms with Crippen LogP contribution in [-0.4, -0.2) is 41.0 Å². The van der Waals surface area contributed by atoms with Crippen LogP contribution >= 0.6 is 0 Å². The maximum absolute atomic E-state index is 10.3. The summed E-state index contributed by atoms with van der Waals surface area (Å²) in [5, 5.41) is 23.2. The van der Waals surface area contributed by atoms with Crippen molar-refractivity contribution in [2.45, 2.75) is 31.9 Å². The molecule has 126 valence electrons. The first-order chi connectivity index (χ1) is 11.7. The van der Waals surface area contributed by atoms with Gasteiger partial charge >= 0.3 is 0 Å². The maximum Gasteiger partial charge on any atom is 0.133 e. The fourth-order valence-corrected chi connectivity index (χ4v) is 3.06. The summed E-state index contributed by atoms with van der Waals surface area (Å²) in [6.07, 6.45) is 1.52. The number of aryl methyl sites for hydroxylation is 1. The molecule has 1 aromatic carbocycles. The standard InChI is InChI=1S/C18H21N3O3/c1-13-9-17(20-24-13)18-3-2-8-21(18)11-15(22)12-23-16-6-4-14(10-19)5-7-16/h4-7,9,15,18,22H,2-3,8,11-12H2,1H3/t15-,18+/m1/s1. The Hall–Kier alpha value is -2.36. The van der Waals surface area contributed by atoms with Crippen LogP contribution < -0.4 is 4.74 Å². The van der Waals surface area contributed by atoms with Gasteiger partial charge in [0.25, 0.3) is 0 Å². The summed E-state index contributed by atoms with van der Waals surface area (Å²) in [7, 11) is 0. The third-order valence-corrected chi connectivity index (χ3v) is 4.22. The first kappa shape index (κ1) is 16.5. The molecule has 1 saturated heterocycles. The van der Waals surface area contributed by atoms with Crippen LogP contribution in [0.1, 0.15) is 35.9 Å². The van der Waals surface area contributed by atoms with Gasteiger partial charge in [-0.1, -0.05) is 5.16 Å². The second-order valence-electron chi connectivity index (χ2n) is 6.12. The molecular weight excluding hydrogens is 306 g/mol. The van der Waals surface area contributed by atoms with Crippen molar-refractivity contribution < 1.29 is 14.4 Å². The minimum absolute atomic E-state index is 0.201. The molecular formula is C18H21N3O3. The molecule has 0 aliphatic carbocycles. The average Bonchev–Trinajstić information content (AvgIpc) is 3.22. The van der Waals surface area contributed by atoms with Gasteiger partial charge in [0, 0.05) is 12.6 Å². The number of likely N-dealkylation sites (tertiary alicyclic amines) is 1. The molecule has 0 saturated carbocycles. The van der Waals surface area contributed by atoms with E-state index >= 15 is 0 Å². The molecule has 1 aromatic heterocycles. The average molecular weight is 327 g/mol. The monoisotopic (exact) mass is 327 g/mol. The van der Waals surface area contributed by atoms with Crippen molar-refractivity contribution >= 4 is 0 Å². The fraction of sp³-hybridized carbons (Fsp3) is 0.444. The number of aliphatic hydroxyl groups is 1. The molecule has 1 fully saturated rings. The zero-order valence-electron chi connectivity index (χ0n) is 13.7. The molecule has 0 amide bonds. The zero-order valence-corrected chi connectivity index (χ0v) is 13.7. The first-order valence-electron chi connectivity index (χ1n) is 8.14. The highest BCUT2D eigenvalue weighted by molar-refractivity contribution is 5.34. The summed E-state index contributed by atoms with van der Waals surface area (Å²) in [6.45, 7) is 3.57. The van der Waals surface area contributed by atoms with E-state index < -0.39 is 6.10 Å². The lowest BCUT2D eigenvalue weighted by Crippen LogP contribution is -2.35. The molecule has 0 radical (unpaired) electrons. The smallest absolute Gasteiger partial charge is 0.133 e. The van der Waals surface area contributed by atoms with E-state index in [1.54, 1.807) is 24.3 Å². The predicted octanol–water partition coefficient (Wildman–Crippen LogP) is 2.43. The summed E-state index contributed by atoms with van der Waals surface area (Å²) in [5.41, 5.74) is 1.52. The third-order valence-electron chi connectivity index (χ3n) is 4.22. The van der Waals surface area contributed by atoms with Gasteiger partial charge in [0.15, 0.2) is 0 Å². The van der Waals surface area contributed by atoms with E-state index in [1.165, 1.54) is 0 Å². The van der Waals surface area contributed by atoms with Gasteiger partial charge in [0.2, 0.25) is 0 Å². The highest BCUT2D eigenvalue weighted by Crippen LogP contribution is 2.31. The molecule has 0 spiro atoms. The lowest BCUT2D eigenvalue weighted by molar-refractivity contribution is 0.0628. The number of aliphatic hydroxyl groups excluding tert-OH is 1. The molecule has 1 aliphatic rings. The Morgan fingerprint density at radius 2 is 2.25 bits per heavy atom. The second kappa shape index (κ2) is 7.47. The van der Waals surface area contributed by atoms with Crippen molar-refractivity contribution in [1.82, 2.24) is 10.1 Å². The highest BCUT2D eigenvalue weighted by Gasteiger charge is 2.29. The van der Waals surface area contributed by atoms with Crippen LogP contribution in [0.3, 0.4) is 0 Å². The second-order valence-corrected chi connectivity index (χ2v) is 6.12. The molecule has 6 heteroatoms. The number of β-amino-alcohol motifs (C(OH)–C–C–N with tert-alkyl or cyclic N) is 1. The minimum atomic E-state index is -0.589. The Bertz CT molecular complexity index is 705. The molecule has 1 N–H and O–H groups in total. The quantitative estimate of drug-likeness (QED) is 0.877. The normalized spacial score (nSPS) is 19.1. The number of aromatic nitrogens is 1. The Kier molecular flexibility index (Phi) is 5.14. The van der Waals surface area contributed by atoms with Crippen LogP contribution in [-0.2, 0) is 0 Å². The largest absolute Gasteiger partial charge is 0.491 e. The van der Waals surface area contributed by atoms with Crippen molar-refractivity contribution in [3.63, 3.8) is 0 Å². The fourth-order valence-electron chi connectivity index (χ4n) is 3.06. The van der Waals surface area contributed by atoms with Gasteiger partial charge in [-0.2, -0.15) is 5.26 Å². The molecule has 24 heavy (non-hydrogen) atoms. The first-order valence-corrected chi connectivity index (χ1v) is 8.14. The molecule has 1 aliphatic heterocycles. The Labute approximate surface area is 141 Å². The summed E-state index contributed by atoms with van der Waals surface area (Å²) in [5.74, 6) is 1.46. The van der Waals surface area contributed by atoms with Gasteiger partial charge in [-0.15, -0.1) is 0 Å².